The average molecular weight is 532 g/mol. The first-order chi connectivity index (χ1) is 16.8. The first-order valence-electron chi connectivity index (χ1n) is 11.1. The quantitative estimate of drug-likeness (QED) is 0.383. The molecule has 4 rings (SSSR count). The minimum Gasteiger partial charge on any atom is -0.379 e. The van der Waals surface area contributed by atoms with Crippen LogP contribution in [0, 0.1) is 13.8 Å². The Bertz CT molecular complexity index is 1190. The van der Waals surface area contributed by atoms with E-state index in [1.165, 1.54) is 4.90 Å². The van der Waals surface area contributed by atoms with Crippen LogP contribution in [0.25, 0.3) is 10.2 Å². The van der Waals surface area contributed by atoms with E-state index in [1.807, 2.05) is 30.9 Å². The lowest BCUT2D eigenvalue weighted by Crippen LogP contribution is -2.43. The zero-order valence-electron chi connectivity index (χ0n) is 19.5. The number of carbonyl (C=O) groups excluding carboxylic acids is 1. The number of aryl methyl sites for hydroxylation is 2. The molecule has 1 saturated heterocycles. The van der Waals surface area contributed by atoms with Crippen molar-refractivity contribution in [2.24, 2.45) is 0 Å². The highest BCUT2D eigenvalue weighted by molar-refractivity contribution is 7.22. The second-order valence-electron chi connectivity index (χ2n) is 8.61. The predicted molar refractivity (Wildman–Crippen MR) is 124 cm³/mol. The summed E-state index contributed by atoms with van der Waals surface area (Å²) in [4.78, 5) is 21.2. The predicted octanol–water partition coefficient (Wildman–Crippen LogP) is 5.93. The summed E-state index contributed by atoms with van der Waals surface area (Å²) in [6, 6.07) is 4.66. The highest BCUT2D eigenvalue weighted by atomic mass is 32.1. The third-order valence-electron chi connectivity index (χ3n) is 6.05. The number of ether oxygens (including phenoxy) is 1. The van der Waals surface area contributed by atoms with Crippen LogP contribution < -0.4 is 4.90 Å². The van der Waals surface area contributed by atoms with Crippen molar-refractivity contribution in [1.82, 2.24) is 9.88 Å². The van der Waals surface area contributed by atoms with Crippen LogP contribution in [-0.2, 0) is 17.1 Å². The van der Waals surface area contributed by atoms with Crippen molar-refractivity contribution in [3.63, 3.8) is 0 Å². The van der Waals surface area contributed by atoms with E-state index >= 15 is 0 Å². The average Bonchev–Trinajstić information content (AvgIpc) is 3.20. The van der Waals surface area contributed by atoms with Crippen LogP contribution in [0.2, 0.25) is 0 Å². The Kier molecular flexibility index (Phi) is 7.31. The van der Waals surface area contributed by atoms with Crippen LogP contribution in [0.15, 0.2) is 30.3 Å². The molecule has 1 aliphatic rings. The summed E-state index contributed by atoms with van der Waals surface area (Å²) in [6.45, 7) is 6.39. The van der Waals surface area contributed by atoms with Gasteiger partial charge in [-0.3, -0.25) is 14.6 Å². The zero-order valence-corrected chi connectivity index (χ0v) is 20.3. The number of anilines is 1. The first kappa shape index (κ1) is 26.4. The Morgan fingerprint density at radius 3 is 2.14 bits per heavy atom. The standard InChI is InChI=1S/C24H23F6N3O2S/c1-14-9-19-20(10-15(14)2)36-22(31-19)33(4-3-32-5-7-35-8-6-32)21(34)16-11-17(23(25,26)27)13-18(12-16)24(28,29)30/h9-13H,3-8H2,1-2H3. The number of fused-ring (bicyclic) bond motifs is 1. The Morgan fingerprint density at radius 1 is 0.972 bits per heavy atom. The van der Waals surface area contributed by atoms with Gasteiger partial charge in [0.25, 0.3) is 5.91 Å². The van der Waals surface area contributed by atoms with Crippen molar-refractivity contribution in [3.05, 3.63) is 58.1 Å². The van der Waals surface area contributed by atoms with Crippen LogP contribution in [0.1, 0.15) is 32.6 Å². The number of rotatable bonds is 5. The number of hydrogen-bond donors (Lipinski definition) is 0. The van der Waals surface area contributed by atoms with Crippen molar-refractivity contribution in [2.45, 2.75) is 26.2 Å². The molecule has 0 radical (unpaired) electrons. The lowest BCUT2D eigenvalue weighted by molar-refractivity contribution is -0.143. The summed E-state index contributed by atoms with van der Waals surface area (Å²) in [5.74, 6) is -0.979. The van der Waals surface area contributed by atoms with Crippen molar-refractivity contribution in [3.8, 4) is 0 Å². The maximum absolute atomic E-state index is 13.5. The Balaban J connectivity index is 1.76. The molecule has 0 unspecified atom stereocenters. The fourth-order valence-electron chi connectivity index (χ4n) is 3.87. The Morgan fingerprint density at radius 2 is 1.56 bits per heavy atom. The molecule has 2 aromatic carbocycles. The second kappa shape index (κ2) is 9.98. The SMILES string of the molecule is Cc1cc2nc(N(CCN3CCOCC3)C(=O)c3cc(C(F)(F)F)cc(C(F)(F)F)c3)sc2cc1C. The van der Waals surface area contributed by atoms with Crippen molar-refractivity contribution in [1.29, 1.82) is 0 Å². The molecule has 1 aromatic heterocycles. The fourth-order valence-corrected chi connectivity index (χ4v) is 4.94. The van der Waals surface area contributed by atoms with E-state index in [4.69, 9.17) is 4.74 Å². The molecule has 1 aliphatic heterocycles. The van der Waals surface area contributed by atoms with E-state index in [9.17, 15) is 31.1 Å². The number of alkyl halides is 6. The summed E-state index contributed by atoms with van der Waals surface area (Å²) >= 11 is 1.16. The Hall–Kier alpha value is -2.70. The molecule has 0 bridgehead atoms. The second-order valence-corrected chi connectivity index (χ2v) is 9.62. The number of thiazole rings is 1. The summed E-state index contributed by atoms with van der Waals surface area (Å²) in [5, 5.41) is 0.208. The molecule has 1 fully saturated rings. The van der Waals surface area contributed by atoms with Gasteiger partial charge in [0.05, 0.1) is 34.6 Å². The minimum atomic E-state index is -5.06. The van der Waals surface area contributed by atoms with Gasteiger partial charge in [0, 0.05) is 31.7 Å². The number of hydrogen-bond acceptors (Lipinski definition) is 5. The van der Waals surface area contributed by atoms with Crippen LogP contribution in [-0.4, -0.2) is 55.2 Å². The van der Waals surface area contributed by atoms with Gasteiger partial charge in [-0.15, -0.1) is 0 Å². The number of nitrogens with zero attached hydrogens (tertiary/aromatic N) is 3. The van der Waals surface area contributed by atoms with E-state index in [2.05, 4.69) is 4.98 Å². The number of amides is 1. The van der Waals surface area contributed by atoms with E-state index < -0.39 is 35.0 Å². The Labute approximate surface area is 207 Å². The van der Waals surface area contributed by atoms with Crippen molar-refractivity contribution >= 4 is 32.6 Å². The molecule has 0 atom stereocenters. The zero-order chi connectivity index (χ0) is 26.3. The molecule has 12 heteroatoms. The molecular weight excluding hydrogens is 508 g/mol. The molecule has 0 aliphatic carbocycles. The monoisotopic (exact) mass is 531 g/mol. The van der Waals surface area contributed by atoms with Gasteiger partial charge in [-0.2, -0.15) is 26.3 Å². The topological polar surface area (TPSA) is 45.7 Å². The molecule has 2 heterocycles. The maximum Gasteiger partial charge on any atom is 0.416 e. The fraction of sp³-hybridized carbons (Fsp3) is 0.417. The first-order valence-corrected chi connectivity index (χ1v) is 11.9. The lowest BCUT2D eigenvalue weighted by atomic mass is 10.0. The van der Waals surface area contributed by atoms with Gasteiger partial charge in [0.2, 0.25) is 0 Å². The third kappa shape index (κ3) is 5.81. The van der Waals surface area contributed by atoms with Gasteiger partial charge in [-0.05, 0) is 55.3 Å². The number of morpholine rings is 1. The number of carbonyl (C=O) groups is 1. The summed E-state index contributed by atoms with van der Waals surface area (Å²) < 4.78 is 86.5. The molecule has 0 spiro atoms. The van der Waals surface area contributed by atoms with Crippen LogP contribution >= 0.6 is 11.3 Å². The number of halogens is 6. The number of aromatic nitrogens is 1. The van der Waals surface area contributed by atoms with Gasteiger partial charge in [-0.1, -0.05) is 11.3 Å². The number of benzene rings is 2. The molecule has 5 nitrogen and oxygen atoms in total. The van der Waals surface area contributed by atoms with Crippen LogP contribution in [0.3, 0.4) is 0 Å². The molecule has 36 heavy (non-hydrogen) atoms. The summed E-state index contributed by atoms with van der Waals surface area (Å²) in [7, 11) is 0. The van der Waals surface area contributed by atoms with Crippen molar-refractivity contribution in [2.75, 3.05) is 44.3 Å². The summed E-state index contributed by atoms with van der Waals surface area (Å²) in [5.41, 5.74) is -1.21. The smallest absolute Gasteiger partial charge is 0.379 e. The normalized spacial score (nSPS) is 15.4. The van der Waals surface area contributed by atoms with Crippen molar-refractivity contribution < 1.29 is 35.9 Å². The van der Waals surface area contributed by atoms with Gasteiger partial charge in [0.15, 0.2) is 5.13 Å². The van der Waals surface area contributed by atoms with E-state index in [-0.39, 0.29) is 17.7 Å². The molecular formula is C24H23F6N3O2S. The van der Waals surface area contributed by atoms with E-state index in [0.717, 1.165) is 27.2 Å². The molecule has 0 saturated carbocycles. The van der Waals surface area contributed by atoms with Gasteiger partial charge < -0.3 is 4.74 Å². The highest BCUT2D eigenvalue weighted by Gasteiger charge is 2.38. The third-order valence-corrected chi connectivity index (χ3v) is 7.09. The van der Waals surface area contributed by atoms with Gasteiger partial charge >= 0.3 is 12.4 Å². The maximum atomic E-state index is 13.5. The highest BCUT2D eigenvalue weighted by Crippen LogP contribution is 2.37. The molecule has 0 N–H and O–H groups in total. The lowest BCUT2D eigenvalue weighted by Gasteiger charge is -2.29. The van der Waals surface area contributed by atoms with E-state index in [0.29, 0.717) is 50.5 Å². The largest absolute Gasteiger partial charge is 0.416 e. The van der Waals surface area contributed by atoms with Crippen LogP contribution in [0.5, 0.6) is 0 Å². The molecule has 194 valence electrons. The van der Waals surface area contributed by atoms with Crippen LogP contribution in [0.4, 0.5) is 31.5 Å². The van der Waals surface area contributed by atoms with E-state index in [1.54, 1.807) is 0 Å². The van der Waals surface area contributed by atoms with Gasteiger partial charge in [-0.25, -0.2) is 4.98 Å². The molecule has 1 amide bonds. The summed E-state index contributed by atoms with van der Waals surface area (Å²) in [6.07, 6.45) is -10.1. The minimum absolute atomic E-state index is 0.0120. The van der Waals surface area contributed by atoms with Gasteiger partial charge in [0.1, 0.15) is 0 Å². The molecule has 3 aromatic rings.